The highest BCUT2D eigenvalue weighted by molar-refractivity contribution is 7.26. The third kappa shape index (κ3) is 4.50. The predicted molar refractivity (Wildman–Crippen MR) is 217 cm³/mol. The summed E-state index contributed by atoms with van der Waals surface area (Å²) >= 11 is 1.83. The summed E-state index contributed by atoms with van der Waals surface area (Å²) in [5.74, 6) is 0.661. The van der Waals surface area contributed by atoms with Crippen LogP contribution in [-0.2, 0) is 0 Å². The summed E-state index contributed by atoms with van der Waals surface area (Å²) < 4.78 is 8.82. The van der Waals surface area contributed by atoms with E-state index in [2.05, 4.69) is 140 Å². The predicted octanol–water partition coefficient (Wildman–Crippen LogP) is 13.1. The quantitative estimate of drug-likeness (QED) is 0.185. The van der Waals surface area contributed by atoms with E-state index in [1.807, 2.05) is 35.6 Å². The Kier molecular flexibility index (Phi) is 6.39. The molecule has 0 aliphatic carbocycles. The Labute approximate surface area is 302 Å². The van der Waals surface area contributed by atoms with Crippen molar-refractivity contribution in [1.82, 2.24) is 15.0 Å². The van der Waals surface area contributed by atoms with Gasteiger partial charge < -0.3 is 4.42 Å². The minimum absolute atomic E-state index is 0.661. The maximum Gasteiger partial charge on any atom is 0.160 e. The molecule has 0 atom stereocenters. The van der Waals surface area contributed by atoms with Gasteiger partial charge in [0.25, 0.3) is 0 Å². The van der Waals surface area contributed by atoms with E-state index in [4.69, 9.17) is 19.4 Å². The van der Waals surface area contributed by atoms with Crippen LogP contribution in [-0.4, -0.2) is 15.0 Å². The molecule has 0 bridgehead atoms. The summed E-state index contributed by atoms with van der Waals surface area (Å²) in [7, 11) is 0. The first-order valence-corrected chi connectivity index (χ1v) is 18.2. The zero-order chi connectivity index (χ0) is 34.2. The maximum absolute atomic E-state index is 6.29. The number of furan rings is 1. The lowest BCUT2D eigenvalue weighted by Crippen LogP contribution is -1.97. The van der Waals surface area contributed by atoms with Crippen LogP contribution in [0.25, 0.3) is 109 Å². The molecule has 0 saturated carbocycles. The van der Waals surface area contributed by atoms with Gasteiger partial charge in [0.15, 0.2) is 5.82 Å². The summed E-state index contributed by atoms with van der Waals surface area (Å²) in [6, 6.07) is 57.0. The fourth-order valence-electron chi connectivity index (χ4n) is 7.68. The molecule has 0 fully saturated rings. The van der Waals surface area contributed by atoms with E-state index >= 15 is 0 Å². The van der Waals surface area contributed by atoms with Crippen molar-refractivity contribution in [3.05, 3.63) is 164 Å². The van der Waals surface area contributed by atoms with Crippen molar-refractivity contribution in [2.75, 3.05) is 0 Å². The lowest BCUT2D eigenvalue weighted by molar-refractivity contribution is 0.669. The van der Waals surface area contributed by atoms with Crippen LogP contribution in [0.5, 0.6) is 0 Å². The molecule has 0 unspecified atom stereocenters. The molecule has 4 nitrogen and oxygen atoms in total. The number of rotatable bonds is 4. The minimum atomic E-state index is 0.661. The molecular weight excluding hydrogens is 655 g/mol. The van der Waals surface area contributed by atoms with Gasteiger partial charge in [-0.2, -0.15) is 0 Å². The minimum Gasteiger partial charge on any atom is -0.456 e. The van der Waals surface area contributed by atoms with Crippen LogP contribution in [0, 0.1) is 0 Å². The zero-order valence-electron chi connectivity index (χ0n) is 27.7. The summed E-state index contributed by atoms with van der Waals surface area (Å²) in [5.41, 5.74) is 9.47. The number of thiophene rings is 1. The molecule has 0 amide bonds. The highest BCUT2D eigenvalue weighted by atomic mass is 32.1. The topological polar surface area (TPSA) is 51.8 Å². The van der Waals surface area contributed by atoms with Crippen molar-refractivity contribution in [1.29, 1.82) is 0 Å². The average molecular weight is 682 g/mol. The van der Waals surface area contributed by atoms with Crippen molar-refractivity contribution in [3.63, 3.8) is 0 Å². The first-order valence-electron chi connectivity index (χ1n) is 17.4. The summed E-state index contributed by atoms with van der Waals surface area (Å²) in [5, 5.41) is 8.06. The number of para-hydroxylation sites is 2. The van der Waals surface area contributed by atoms with E-state index in [0.717, 1.165) is 72.2 Å². The van der Waals surface area contributed by atoms with Crippen LogP contribution in [0.2, 0.25) is 0 Å². The molecule has 0 aliphatic heterocycles. The van der Waals surface area contributed by atoms with Gasteiger partial charge in [-0.05, 0) is 41.1 Å². The Morgan fingerprint density at radius 1 is 0.442 bits per heavy atom. The first kappa shape index (κ1) is 29.1. The monoisotopic (exact) mass is 681 g/mol. The molecule has 5 heteroatoms. The van der Waals surface area contributed by atoms with Crippen molar-refractivity contribution >= 4 is 75.1 Å². The van der Waals surface area contributed by atoms with Gasteiger partial charge in [-0.3, -0.25) is 0 Å². The van der Waals surface area contributed by atoms with E-state index in [1.54, 1.807) is 0 Å². The molecule has 11 rings (SSSR count). The molecule has 52 heavy (non-hydrogen) atoms. The summed E-state index contributed by atoms with van der Waals surface area (Å²) in [4.78, 5) is 15.8. The second kappa shape index (κ2) is 11.4. The molecular formula is C47H27N3OS. The number of benzene rings is 7. The number of hydrogen-bond acceptors (Lipinski definition) is 5. The van der Waals surface area contributed by atoms with Gasteiger partial charge in [-0.1, -0.05) is 133 Å². The standard InChI is InChI=1S/C47H27N3OS/c1-2-13-31-28(11-1)12-9-17-32(31)38-27-39(33-18-10-21-41-43(33)35-15-4-7-20-40(35)51-41)50-47(49-38)30-25-23-29(24-26-30)45-44-36-16-5-8-22-42(36)52-46(44)34-14-3-6-19-37(34)48-45/h1-27H. The van der Waals surface area contributed by atoms with Gasteiger partial charge in [0.1, 0.15) is 11.2 Å². The van der Waals surface area contributed by atoms with Gasteiger partial charge in [0, 0.05) is 58.6 Å². The highest BCUT2D eigenvalue weighted by Gasteiger charge is 2.19. The van der Waals surface area contributed by atoms with Crippen LogP contribution in [0.15, 0.2) is 168 Å². The largest absolute Gasteiger partial charge is 0.456 e. The molecule has 7 aromatic carbocycles. The third-order valence-electron chi connectivity index (χ3n) is 10.1. The first-order chi connectivity index (χ1) is 25.8. The van der Waals surface area contributed by atoms with E-state index in [1.165, 1.54) is 30.9 Å². The molecule has 0 N–H and O–H groups in total. The van der Waals surface area contributed by atoms with Crippen LogP contribution < -0.4 is 0 Å². The Bertz CT molecular complexity index is 3190. The van der Waals surface area contributed by atoms with Gasteiger partial charge >= 0.3 is 0 Å². The summed E-state index contributed by atoms with van der Waals surface area (Å²) in [6.45, 7) is 0. The Balaban J connectivity index is 1.12. The van der Waals surface area contributed by atoms with E-state index < -0.39 is 0 Å². The van der Waals surface area contributed by atoms with Crippen LogP contribution in [0.4, 0.5) is 0 Å². The molecule has 242 valence electrons. The second-order valence-electron chi connectivity index (χ2n) is 13.1. The molecule has 0 saturated heterocycles. The smallest absolute Gasteiger partial charge is 0.160 e. The normalized spacial score (nSPS) is 11.8. The average Bonchev–Trinajstić information content (AvgIpc) is 3.80. The van der Waals surface area contributed by atoms with Crippen LogP contribution in [0.1, 0.15) is 0 Å². The van der Waals surface area contributed by atoms with Crippen molar-refractivity contribution in [2.24, 2.45) is 0 Å². The number of hydrogen-bond donors (Lipinski definition) is 0. The SMILES string of the molecule is c1ccc2c(-c3cc(-c4cccc5oc6ccccc6c45)nc(-c4ccc(-c5nc6ccccc6c6sc7ccccc7c56)cc4)n3)cccc2c1. The van der Waals surface area contributed by atoms with Gasteiger partial charge in [-0.15, -0.1) is 11.3 Å². The second-order valence-corrected chi connectivity index (χ2v) is 14.2. The Morgan fingerprint density at radius 3 is 1.96 bits per heavy atom. The fourth-order valence-corrected chi connectivity index (χ4v) is 8.92. The molecule has 4 heterocycles. The molecule has 0 aliphatic rings. The van der Waals surface area contributed by atoms with Crippen molar-refractivity contribution in [2.45, 2.75) is 0 Å². The molecule has 11 aromatic rings. The maximum atomic E-state index is 6.29. The lowest BCUT2D eigenvalue weighted by atomic mass is 9.98. The van der Waals surface area contributed by atoms with E-state index in [0.29, 0.717) is 5.82 Å². The van der Waals surface area contributed by atoms with Crippen LogP contribution >= 0.6 is 11.3 Å². The molecule has 0 spiro atoms. The van der Waals surface area contributed by atoms with Gasteiger partial charge in [0.05, 0.1) is 22.6 Å². The number of pyridine rings is 1. The van der Waals surface area contributed by atoms with Gasteiger partial charge in [0.2, 0.25) is 0 Å². The molecule has 0 radical (unpaired) electrons. The van der Waals surface area contributed by atoms with E-state index in [9.17, 15) is 0 Å². The lowest BCUT2D eigenvalue weighted by Gasteiger charge is -2.12. The number of aromatic nitrogens is 3. The third-order valence-corrected chi connectivity index (χ3v) is 11.3. The highest BCUT2D eigenvalue weighted by Crippen LogP contribution is 2.43. The van der Waals surface area contributed by atoms with E-state index in [-0.39, 0.29) is 0 Å². The fraction of sp³-hybridized carbons (Fsp3) is 0. The number of nitrogens with zero attached hydrogens (tertiary/aromatic N) is 3. The zero-order valence-corrected chi connectivity index (χ0v) is 28.6. The van der Waals surface area contributed by atoms with Crippen molar-refractivity contribution < 1.29 is 4.42 Å². The number of fused-ring (bicyclic) bond motifs is 9. The van der Waals surface area contributed by atoms with Crippen molar-refractivity contribution in [3.8, 4) is 45.2 Å². The summed E-state index contributed by atoms with van der Waals surface area (Å²) in [6.07, 6.45) is 0. The van der Waals surface area contributed by atoms with Crippen LogP contribution in [0.3, 0.4) is 0 Å². The molecule has 4 aromatic heterocycles. The van der Waals surface area contributed by atoms with Gasteiger partial charge in [-0.25, -0.2) is 15.0 Å². The Morgan fingerprint density at radius 2 is 1.08 bits per heavy atom. The Hall–Kier alpha value is -6.69.